The van der Waals surface area contributed by atoms with Crippen LogP contribution < -0.4 is 19.7 Å². The van der Waals surface area contributed by atoms with Gasteiger partial charge in [0.25, 0.3) is 0 Å². The number of aromatic nitrogens is 2. The maximum atomic E-state index is 13.3. The first-order chi connectivity index (χ1) is 17.6. The van der Waals surface area contributed by atoms with Gasteiger partial charge in [-0.25, -0.2) is 4.98 Å². The highest BCUT2D eigenvalue weighted by Crippen LogP contribution is 2.23. The molecule has 1 saturated heterocycles. The van der Waals surface area contributed by atoms with Crippen molar-refractivity contribution in [1.29, 1.82) is 0 Å². The normalized spacial score (nSPS) is 14.3. The fourth-order valence-corrected chi connectivity index (χ4v) is 4.35. The number of amides is 1. The maximum absolute atomic E-state index is 13.3. The van der Waals surface area contributed by atoms with E-state index in [1.807, 2.05) is 47.0 Å². The largest absolute Gasteiger partial charge is 0.542 e. The van der Waals surface area contributed by atoms with Crippen LogP contribution in [0.3, 0.4) is 0 Å². The number of carbonyl (C=O) groups is 2. The average Bonchev–Trinajstić information content (AvgIpc) is 3.24. The first-order valence-corrected chi connectivity index (χ1v) is 11.7. The van der Waals surface area contributed by atoms with Crippen molar-refractivity contribution in [3.8, 4) is 0 Å². The second-order valence-electron chi connectivity index (χ2n) is 8.67. The molecule has 8 nitrogen and oxygen atoms in total. The number of pyridine rings is 1. The molecule has 2 aromatic heterocycles. The Morgan fingerprint density at radius 3 is 2.46 bits per heavy atom. The molecular formula is C26H26F3N4O4+. The Balaban J connectivity index is 0.000000405. The summed E-state index contributed by atoms with van der Waals surface area (Å²) in [5.41, 5.74) is 4.14. The molecular weight excluding hydrogens is 489 g/mol. The number of H-pyrrole nitrogens is 1. The lowest BCUT2D eigenvalue weighted by atomic mass is 10.1. The SMILES string of the molecule is Cc1ccc[n+]2c(C(=O)Nc3cccc4ccccc34)[nH]c(C[NH+]3CCOCC3)c12.O=C([O-])C(F)(F)F. The Morgan fingerprint density at radius 2 is 1.76 bits per heavy atom. The van der Waals surface area contributed by atoms with Gasteiger partial charge in [0, 0.05) is 16.6 Å². The number of halogens is 3. The van der Waals surface area contributed by atoms with Gasteiger partial charge >= 0.3 is 17.9 Å². The summed E-state index contributed by atoms with van der Waals surface area (Å²) in [6.07, 6.45) is -3.24. The summed E-state index contributed by atoms with van der Waals surface area (Å²) in [5.74, 6) is -2.60. The van der Waals surface area contributed by atoms with E-state index in [0.717, 1.165) is 66.1 Å². The van der Waals surface area contributed by atoms with Crippen molar-refractivity contribution in [2.45, 2.75) is 19.6 Å². The third-order valence-electron chi connectivity index (χ3n) is 6.10. The van der Waals surface area contributed by atoms with E-state index in [0.29, 0.717) is 5.82 Å². The molecule has 5 rings (SSSR count). The second kappa shape index (κ2) is 11.0. The van der Waals surface area contributed by atoms with Crippen LogP contribution in [0, 0.1) is 6.92 Å². The van der Waals surface area contributed by atoms with Crippen molar-refractivity contribution in [3.05, 3.63) is 77.9 Å². The Hall–Kier alpha value is -3.96. The number of fused-ring (bicyclic) bond motifs is 2. The zero-order valence-corrected chi connectivity index (χ0v) is 20.0. The van der Waals surface area contributed by atoms with Gasteiger partial charge in [0.2, 0.25) is 5.69 Å². The number of aryl methyl sites for hydroxylation is 1. The first kappa shape index (κ1) is 26.1. The number of carboxylic acid groups (broad SMARTS) is 1. The molecule has 2 aromatic carbocycles. The molecule has 0 atom stereocenters. The van der Waals surface area contributed by atoms with Crippen LogP contribution in [-0.4, -0.2) is 49.3 Å². The highest BCUT2D eigenvalue weighted by molar-refractivity contribution is 6.07. The van der Waals surface area contributed by atoms with Gasteiger partial charge in [-0.1, -0.05) is 42.5 Å². The highest BCUT2D eigenvalue weighted by Gasteiger charge is 2.30. The molecule has 1 amide bonds. The molecule has 0 radical (unpaired) electrons. The van der Waals surface area contributed by atoms with Crippen molar-refractivity contribution >= 4 is 33.9 Å². The average molecular weight is 516 g/mol. The topological polar surface area (TPSA) is 103 Å². The van der Waals surface area contributed by atoms with Crippen LogP contribution >= 0.6 is 0 Å². The van der Waals surface area contributed by atoms with Crippen molar-refractivity contribution in [2.75, 3.05) is 31.6 Å². The monoisotopic (exact) mass is 515 g/mol. The summed E-state index contributed by atoms with van der Waals surface area (Å²) < 4.78 is 39.0. The van der Waals surface area contributed by atoms with Crippen LogP contribution in [0.1, 0.15) is 21.9 Å². The van der Waals surface area contributed by atoms with Crippen LogP contribution in [0.5, 0.6) is 0 Å². The van der Waals surface area contributed by atoms with Crippen molar-refractivity contribution < 1.29 is 41.9 Å². The van der Waals surface area contributed by atoms with Gasteiger partial charge in [0.1, 0.15) is 25.6 Å². The van der Waals surface area contributed by atoms with E-state index in [1.165, 1.54) is 4.90 Å². The van der Waals surface area contributed by atoms with Gasteiger partial charge in [-0.05, 0) is 24.4 Å². The minimum absolute atomic E-state index is 0.143. The van der Waals surface area contributed by atoms with Gasteiger partial charge in [-0.2, -0.15) is 17.6 Å². The zero-order chi connectivity index (χ0) is 26.6. The van der Waals surface area contributed by atoms with Gasteiger partial charge in [0.15, 0.2) is 5.52 Å². The summed E-state index contributed by atoms with van der Waals surface area (Å²) in [6.45, 7) is 6.47. The number of imidazole rings is 1. The van der Waals surface area contributed by atoms with E-state index in [2.05, 4.69) is 35.4 Å². The number of ether oxygens (including phenoxy) is 1. The molecule has 0 bridgehead atoms. The number of anilines is 1. The molecule has 1 aliphatic rings. The fourth-order valence-electron chi connectivity index (χ4n) is 4.35. The molecule has 37 heavy (non-hydrogen) atoms. The molecule has 1 aliphatic heterocycles. The predicted octanol–water partition coefficient (Wildman–Crippen LogP) is 1.18. The number of quaternary nitrogens is 1. The van der Waals surface area contributed by atoms with Crippen molar-refractivity contribution in [3.63, 3.8) is 0 Å². The number of aromatic amines is 1. The van der Waals surface area contributed by atoms with E-state index < -0.39 is 12.1 Å². The van der Waals surface area contributed by atoms with E-state index in [9.17, 15) is 18.0 Å². The Morgan fingerprint density at radius 1 is 1.08 bits per heavy atom. The lowest BCUT2D eigenvalue weighted by Crippen LogP contribution is -3.12. The second-order valence-corrected chi connectivity index (χ2v) is 8.67. The third kappa shape index (κ3) is 6.07. The van der Waals surface area contributed by atoms with Crippen LogP contribution in [0.15, 0.2) is 60.8 Å². The number of hydrogen-bond donors (Lipinski definition) is 3. The molecule has 11 heteroatoms. The molecule has 0 aliphatic carbocycles. The lowest BCUT2D eigenvalue weighted by Gasteiger charge is -2.22. The fraction of sp³-hybridized carbons (Fsp3) is 0.269. The minimum Gasteiger partial charge on any atom is -0.542 e. The number of benzene rings is 2. The van der Waals surface area contributed by atoms with E-state index in [4.69, 9.17) is 14.6 Å². The summed E-state index contributed by atoms with van der Waals surface area (Å²) in [5, 5.41) is 14.0. The molecule has 0 spiro atoms. The minimum atomic E-state index is -5.19. The van der Waals surface area contributed by atoms with Crippen LogP contribution in [0.2, 0.25) is 0 Å². The molecule has 0 saturated carbocycles. The van der Waals surface area contributed by atoms with Crippen molar-refractivity contribution in [2.24, 2.45) is 0 Å². The molecule has 4 aromatic rings. The summed E-state index contributed by atoms with van der Waals surface area (Å²) in [7, 11) is 0. The third-order valence-corrected chi connectivity index (χ3v) is 6.10. The first-order valence-electron chi connectivity index (χ1n) is 11.7. The molecule has 194 valence electrons. The van der Waals surface area contributed by atoms with Gasteiger partial charge in [-0.3, -0.25) is 4.79 Å². The molecule has 3 heterocycles. The van der Waals surface area contributed by atoms with E-state index >= 15 is 0 Å². The predicted molar refractivity (Wildman–Crippen MR) is 127 cm³/mol. The summed E-state index contributed by atoms with van der Waals surface area (Å²) >= 11 is 0. The number of carboxylic acids is 1. The standard InChI is InChI=1S/C24H24N4O2.C2HF3O2/c1-17-6-5-11-28-22(17)21(16-27-12-14-30-15-13-27)25-23(28)24(29)26-20-10-4-8-18-7-2-3-9-19(18)20;3-2(4,5)1(6)7/h2-11H,12-16H2,1H3,(H,26,29);(H,6,7)/p+1. The van der Waals surface area contributed by atoms with Gasteiger partial charge in [-0.15, -0.1) is 0 Å². The van der Waals surface area contributed by atoms with Crippen LogP contribution in [0.25, 0.3) is 16.3 Å². The molecule has 1 fully saturated rings. The van der Waals surface area contributed by atoms with Crippen LogP contribution in [-0.2, 0) is 16.1 Å². The number of morpholine rings is 1. The van der Waals surface area contributed by atoms with Crippen LogP contribution in [0.4, 0.5) is 18.9 Å². The number of alkyl halides is 3. The highest BCUT2D eigenvalue weighted by atomic mass is 19.4. The van der Waals surface area contributed by atoms with Gasteiger partial charge < -0.3 is 24.9 Å². The van der Waals surface area contributed by atoms with E-state index in [-0.39, 0.29) is 5.91 Å². The summed E-state index contributed by atoms with van der Waals surface area (Å²) in [6, 6.07) is 18.1. The van der Waals surface area contributed by atoms with Gasteiger partial charge in [0.05, 0.1) is 19.4 Å². The Kier molecular flexibility index (Phi) is 7.74. The molecule has 0 unspecified atom stereocenters. The number of carbonyl (C=O) groups excluding carboxylic acids is 2. The number of hydrogen-bond acceptors (Lipinski definition) is 4. The number of nitrogens with one attached hydrogen (secondary N) is 3. The van der Waals surface area contributed by atoms with Crippen molar-refractivity contribution in [1.82, 2.24) is 4.98 Å². The smallest absolute Gasteiger partial charge is 0.430 e. The zero-order valence-electron chi connectivity index (χ0n) is 20.0. The quantitative estimate of drug-likeness (QED) is 0.355. The summed E-state index contributed by atoms with van der Waals surface area (Å²) in [4.78, 5) is 27.0. The van der Waals surface area contributed by atoms with E-state index in [1.54, 1.807) is 0 Å². The lowest BCUT2D eigenvalue weighted by molar-refractivity contribution is -0.921. The number of nitrogens with zero attached hydrogens (tertiary/aromatic N) is 1. The Labute approximate surface area is 210 Å². The Bertz CT molecular complexity index is 1420. The number of rotatable bonds is 4. The number of aliphatic carboxylic acids is 1. The maximum Gasteiger partial charge on any atom is 0.430 e. The molecule has 3 N–H and O–H groups in total.